The predicted octanol–water partition coefficient (Wildman–Crippen LogP) is 2.45. The number of hydrogen-bond donors (Lipinski definition) is 3. The highest BCUT2D eigenvalue weighted by Gasteiger charge is 2.11. The number of para-hydroxylation sites is 1. The summed E-state index contributed by atoms with van der Waals surface area (Å²) in [6.07, 6.45) is 1.58. The summed E-state index contributed by atoms with van der Waals surface area (Å²) in [6, 6.07) is 10.8. The fourth-order valence-electron chi connectivity index (χ4n) is 1.88. The van der Waals surface area contributed by atoms with Gasteiger partial charge in [-0.1, -0.05) is 12.1 Å². The van der Waals surface area contributed by atoms with Crippen LogP contribution >= 0.6 is 15.9 Å². The van der Waals surface area contributed by atoms with Crippen molar-refractivity contribution < 1.29 is 14.0 Å². The van der Waals surface area contributed by atoms with Crippen LogP contribution in [0.4, 0.5) is 5.69 Å². The molecule has 6 nitrogen and oxygen atoms in total. The van der Waals surface area contributed by atoms with Crippen molar-refractivity contribution in [2.45, 2.75) is 13.0 Å². The number of rotatable bonds is 7. The van der Waals surface area contributed by atoms with Gasteiger partial charge in [0.25, 0.3) is 0 Å². The van der Waals surface area contributed by atoms with Gasteiger partial charge in [-0.25, -0.2) is 0 Å². The summed E-state index contributed by atoms with van der Waals surface area (Å²) in [4.78, 5) is 23.6. The number of hydrogen-bond acceptors (Lipinski definition) is 4. The minimum atomic E-state index is -0.288. The SMILES string of the molecule is C[C@H](NCC(=O)NCC(=O)Nc1ccccc1Br)c1ccco1. The molecule has 0 aliphatic heterocycles. The molecular formula is C16H18BrN3O3. The van der Waals surface area contributed by atoms with Gasteiger partial charge in [0.15, 0.2) is 0 Å². The minimum absolute atomic E-state index is 0.0788. The van der Waals surface area contributed by atoms with E-state index in [1.54, 1.807) is 18.4 Å². The van der Waals surface area contributed by atoms with E-state index in [-0.39, 0.29) is 30.9 Å². The summed E-state index contributed by atoms with van der Waals surface area (Å²) < 4.78 is 6.03. The molecule has 1 aromatic carbocycles. The summed E-state index contributed by atoms with van der Waals surface area (Å²) >= 11 is 3.34. The molecule has 2 aromatic rings. The maximum atomic E-state index is 11.8. The average Bonchev–Trinajstić information content (AvgIpc) is 3.07. The first kappa shape index (κ1) is 17.2. The Kier molecular flexibility index (Phi) is 6.37. The van der Waals surface area contributed by atoms with Crippen molar-refractivity contribution in [3.63, 3.8) is 0 Å². The van der Waals surface area contributed by atoms with Crippen LogP contribution in [0.3, 0.4) is 0 Å². The van der Waals surface area contributed by atoms with Gasteiger partial charge in [-0.15, -0.1) is 0 Å². The molecule has 2 rings (SSSR count). The lowest BCUT2D eigenvalue weighted by Gasteiger charge is -2.11. The first-order valence-corrected chi connectivity index (χ1v) is 7.93. The standard InChI is InChI=1S/C16H18BrN3O3/c1-11(14-7-4-8-23-14)18-9-15(21)19-10-16(22)20-13-6-3-2-5-12(13)17/h2-8,11,18H,9-10H2,1H3,(H,19,21)(H,20,22)/t11-/m0/s1. The molecule has 2 amide bonds. The molecule has 0 aliphatic carbocycles. The zero-order valence-corrected chi connectivity index (χ0v) is 14.2. The van der Waals surface area contributed by atoms with Gasteiger partial charge in [0.1, 0.15) is 5.76 Å². The lowest BCUT2D eigenvalue weighted by molar-refractivity contribution is -0.123. The topological polar surface area (TPSA) is 83.4 Å². The van der Waals surface area contributed by atoms with Gasteiger partial charge in [0.2, 0.25) is 11.8 Å². The number of anilines is 1. The van der Waals surface area contributed by atoms with Crippen LogP contribution in [0.5, 0.6) is 0 Å². The van der Waals surface area contributed by atoms with Crippen molar-refractivity contribution in [1.29, 1.82) is 0 Å². The van der Waals surface area contributed by atoms with Crippen LogP contribution in [-0.2, 0) is 9.59 Å². The van der Waals surface area contributed by atoms with Gasteiger partial charge >= 0.3 is 0 Å². The highest BCUT2D eigenvalue weighted by Crippen LogP contribution is 2.20. The van der Waals surface area contributed by atoms with Gasteiger partial charge in [-0.2, -0.15) is 0 Å². The van der Waals surface area contributed by atoms with Crippen LogP contribution in [0.25, 0.3) is 0 Å². The van der Waals surface area contributed by atoms with Crippen LogP contribution in [0.1, 0.15) is 18.7 Å². The number of carbonyl (C=O) groups is 2. The zero-order chi connectivity index (χ0) is 16.7. The lowest BCUT2D eigenvalue weighted by Crippen LogP contribution is -2.39. The molecule has 0 saturated heterocycles. The zero-order valence-electron chi connectivity index (χ0n) is 12.6. The van der Waals surface area contributed by atoms with Crippen molar-refractivity contribution in [2.24, 2.45) is 0 Å². The second-order valence-corrected chi connectivity index (χ2v) is 5.78. The van der Waals surface area contributed by atoms with E-state index in [1.807, 2.05) is 31.2 Å². The van der Waals surface area contributed by atoms with Crippen LogP contribution in [0.2, 0.25) is 0 Å². The Morgan fingerprint density at radius 2 is 1.91 bits per heavy atom. The number of benzene rings is 1. The van der Waals surface area contributed by atoms with E-state index in [9.17, 15) is 9.59 Å². The van der Waals surface area contributed by atoms with E-state index in [1.165, 1.54) is 0 Å². The van der Waals surface area contributed by atoms with Crippen LogP contribution in [0.15, 0.2) is 51.6 Å². The fraction of sp³-hybridized carbons (Fsp3) is 0.250. The number of carbonyl (C=O) groups excluding carboxylic acids is 2. The second-order valence-electron chi connectivity index (χ2n) is 4.92. The quantitative estimate of drug-likeness (QED) is 0.689. The highest BCUT2D eigenvalue weighted by molar-refractivity contribution is 9.10. The Morgan fingerprint density at radius 1 is 1.13 bits per heavy atom. The minimum Gasteiger partial charge on any atom is -0.468 e. The number of nitrogens with one attached hydrogen (secondary N) is 3. The Labute approximate surface area is 142 Å². The van der Waals surface area contributed by atoms with Crippen molar-refractivity contribution in [1.82, 2.24) is 10.6 Å². The molecule has 0 bridgehead atoms. The van der Waals surface area contributed by atoms with Crippen molar-refractivity contribution in [3.8, 4) is 0 Å². The summed E-state index contributed by atoms with van der Waals surface area (Å²) in [5, 5.41) is 8.30. The first-order valence-electron chi connectivity index (χ1n) is 7.14. The summed E-state index contributed by atoms with van der Waals surface area (Å²) in [7, 11) is 0. The molecule has 0 aliphatic rings. The fourth-order valence-corrected chi connectivity index (χ4v) is 2.27. The van der Waals surface area contributed by atoms with Gasteiger partial charge in [-0.05, 0) is 47.1 Å². The third-order valence-electron chi connectivity index (χ3n) is 3.13. The maximum absolute atomic E-state index is 11.8. The normalized spacial score (nSPS) is 11.7. The van der Waals surface area contributed by atoms with E-state index < -0.39 is 0 Å². The summed E-state index contributed by atoms with van der Waals surface area (Å²) in [5.74, 6) is 0.208. The summed E-state index contributed by atoms with van der Waals surface area (Å²) in [5.41, 5.74) is 0.663. The maximum Gasteiger partial charge on any atom is 0.243 e. The molecule has 3 N–H and O–H groups in total. The average molecular weight is 380 g/mol. The Bertz CT molecular complexity index is 658. The van der Waals surface area contributed by atoms with Crippen molar-refractivity contribution >= 4 is 33.4 Å². The van der Waals surface area contributed by atoms with E-state index >= 15 is 0 Å². The smallest absolute Gasteiger partial charge is 0.243 e. The predicted molar refractivity (Wildman–Crippen MR) is 90.9 cm³/mol. The van der Waals surface area contributed by atoms with Crippen LogP contribution < -0.4 is 16.0 Å². The van der Waals surface area contributed by atoms with Gasteiger partial charge in [-0.3, -0.25) is 14.9 Å². The number of furan rings is 1. The van der Waals surface area contributed by atoms with Crippen molar-refractivity contribution in [3.05, 3.63) is 52.9 Å². The number of amides is 2. The molecule has 0 radical (unpaired) electrons. The molecule has 1 atom stereocenters. The molecule has 7 heteroatoms. The second kappa shape index (κ2) is 8.50. The number of halogens is 1. The van der Waals surface area contributed by atoms with E-state index in [2.05, 4.69) is 31.9 Å². The monoisotopic (exact) mass is 379 g/mol. The largest absolute Gasteiger partial charge is 0.468 e. The molecular weight excluding hydrogens is 362 g/mol. The third kappa shape index (κ3) is 5.54. The molecule has 0 fully saturated rings. The molecule has 0 unspecified atom stereocenters. The van der Waals surface area contributed by atoms with Crippen molar-refractivity contribution in [2.75, 3.05) is 18.4 Å². The van der Waals surface area contributed by atoms with Crippen LogP contribution in [-0.4, -0.2) is 24.9 Å². The van der Waals surface area contributed by atoms with Gasteiger partial charge in [0.05, 0.1) is 31.1 Å². The van der Waals surface area contributed by atoms with Crippen LogP contribution in [0, 0.1) is 0 Å². The molecule has 23 heavy (non-hydrogen) atoms. The Hall–Kier alpha value is -2.12. The Morgan fingerprint density at radius 3 is 2.61 bits per heavy atom. The lowest BCUT2D eigenvalue weighted by atomic mass is 10.2. The molecule has 0 saturated carbocycles. The molecule has 1 aromatic heterocycles. The van der Waals surface area contributed by atoms with E-state index in [4.69, 9.17) is 4.42 Å². The molecule has 0 spiro atoms. The first-order chi connectivity index (χ1) is 11.1. The Balaban J connectivity index is 1.70. The molecule has 122 valence electrons. The van der Waals surface area contributed by atoms with E-state index in [0.29, 0.717) is 5.69 Å². The van der Waals surface area contributed by atoms with Gasteiger partial charge in [0, 0.05) is 4.47 Å². The van der Waals surface area contributed by atoms with E-state index in [0.717, 1.165) is 10.2 Å². The highest BCUT2D eigenvalue weighted by atomic mass is 79.9. The third-order valence-corrected chi connectivity index (χ3v) is 3.82. The molecule has 1 heterocycles. The van der Waals surface area contributed by atoms with Gasteiger partial charge < -0.3 is 15.1 Å². The summed E-state index contributed by atoms with van der Waals surface area (Å²) in [6.45, 7) is 1.91.